The average molecular weight is 523 g/mol. The van der Waals surface area contributed by atoms with E-state index in [1.165, 1.54) is 17.0 Å². The Morgan fingerprint density at radius 2 is 1.71 bits per heavy atom. The Balaban J connectivity index is 2.44. The number of unbranched alkanes of at least 4 members (excludes halogenated alkanes) is 2. The molecule has 9 nitrogen and oxygen atoms in total. The van der Waals surface area contributed by atoms with Gasteiger partial charge in [-0.05, 0) is 50.5 Å². The highest BCUT2D eigenvalue weighted by molar-refractivity contribution is 5.92. The van der Waals surface area contributed by atoms with Crippen LogP contribution in [0.1, 0.15) is 64.1 Å². The number of amides is 3. The van der Waals surface area contributed by atoms with Crippen LogP contribution in [-0.4, -0.2) is 52.6 Å². The van der Waals surface area contributed by atoms with E-state index in [1.807, 2.05) is 6.07 Å². The third kappa shape index (κ3) is 9.77. The first-order chi connectivity index (χ1) is 18.1. The average Bonchev–Trinajstić information content (AvgIpc) is 2.86. The third-order valence-electron chi connectivity index (χ3n) is 5.64. The highest BCUT2D eigenvalue weighted by Crippen LogP contribution is 2.23. The van der Waals surface area contributed by atoms with Gasteiger partial charge in [-0.1, -0.05) is 62.2 Å². The Hall–Kier alpha value is -4.06. The summed E-state index contributed by atoms with van der Waals surface area (Å²) in [4.78, 5) is 41.3. The van der Waals surface area contributed by atoms with Crippen molar-refractivity contribution in [1.82, 2.24) is 15.5 Å². The Kier molecular flexibility index (Phi) is 11.6. The van der Waals surface area contributed by atoms with Gasteiger partial charge in [0.25, 0.3) is 0 Å². The molecule has 2 atom stereocenters. The Morgan fingerprint density at radius 3 is 2.29 bits per heavy atom. The van der Waals surface area contributed by atoms with Crippen LogP contribution in [0.15, 0.2) is 54.6 Å². The van der Waals surface area contributed by atoms with Gasteiger partial charge in [0.05, 0.1) is 6.07 Å². The van der Waals surface area contributed by atoms with Crippen LogP contribution in [0.5, 0.6) is 5.75 Å². The van der Waals surface area contributed by atoms with Gasteiger partial charge in [-0.2, -0.15) is 5.26 Å². The fraction of sp³-hybridized carbons (Fsp3) is 0.448. The van der Waals surface area contributed by atoms with Crippen LogP contribution in [0.25, 0.3) is 0 Å². The number of alkyl carbamates (subject to hydrolysis) is 1. The molecule has 3 N–H and O–H groups in total. The molecule has 38 heavy (non-hydrogen) atoms. The predicted molar refractivity (Wildman–Crippen MR) is 144 cm³/mol. The second-order valence-corrected chi connectivity index (χ2v) is 10.0. The number of ether oxygens (including phenoxy) is 1. The smallest absolute Gasteiger partial charge is 0.408 e. The number of nitrogens with one attached hydrogen (secondary N) is 2. The zero-order valence-corrected chi connectivity index (χ0v) is 22.6. The second kappa shape index (κ2) is 14.6. The lowest BCUT2D eigenvalue weighted by Gasteiger charge is -2.33. The van der Waals surface area contributed by atoms with Crippen LogP contribution in [-0.2, 0) is 20.7 Å². The van der Waals surface area contributed by atoms with Gasteiger partial charge >= 0.3 is 6.09 Å². The summed E-state index contributed by atoms with van der Waals surface area (Å²) in [6.07, 6.45) is 1.99. The minimum Gasteiger partial charge on any atom is -0.508 e. The van der Waals surface area contributed by atoms with E-state index in [0.29, 0.717) is 17.7 Å². The minimum atomic E-state index is -1.14. The fourth-order valence-corrected chi connectivity index (χ4v) is 3.88. The number of carbonyl (C=O) groups is 3. The number of phenols is 1. The number of phenolic OH excluding ortho intramolecular Hbond substituents is 1. The van der Waals surface area contributed by atoms with Gasteiger partial charge in [-0.25, -0.2) is 4.79 Å². The van der Waals surface area contributed by atoms with Crippen LogP contribution >= 0.6 is 0 Å². The van der Waals surface area contributed by atoms with Crippen LogP contribution in [0.3, 0.4) is 0 Å². The van der Waals surface area contributed by atoms with E-state index in [9.17, 15) is 24.8 Å². The number of benzene rings is 2. The van der Waals surface area contributed by atoms with E-state index in [4.69, 9.17) is 4.74 Å². The number of carbonyl (C=O) groups excluding carboxylic acids is 3. The van der Waals surface area contributed by atoms with Gasteiger partial charge in [-0.3, -0.25) is 9.59 Å². The predicted octanol–water partition coefficient (Wildman–Crippen LogP) is 4.23. The van der Waals surface area contributed by atoms with Crippen molar-refractivity contribution in [3.63, 3.8) is 0 Å². The summed E-state index contributed by atoms with van der Waals surface area (Å²) in [6.45, 7) is 7.26. The van der Waals surface area contributed by atoms with Crippen molar-refractivity contribution < 1.29 is 24.2 Å². The van der Waals surface area contributed by atoms with Gasteiger partial charge < -0.3 is 25.4 Å². The van der Waals surface area contributed by atoms with Crippen LogP contribution in [0.4, 0.5) is 4.79 Å². The molecule has 0 aliphatic carbocycles. The summed E-state index contributed by atoms with van der Waals surface area (Å²) in [6, 6.07) is 14.8. The Morgan fingerprint density at radius 1 is 1.05 bits per heavy atom. The van der Waals surface area contributed by atoms with E-state index in [-0.39, 0.29) is 18.7 Å². The van der Waals surface area contributed by atoms with E-state index in [2.05, 4.69) is 17.6 Å². The molecule has 0 bridgehead atoms. The van der Waals surface area contributed by atoms with Crippen LogP contribution < -0.4 is 10.6 Å². The van der Waals surface area contributed by atoms with Crippen molar-refractivity contribution in [1.29, 1.82) is 5.26 Å². The second-order valence-electron chi connectivity index (χ2n) is 10.0. The topological polar surface area (TPSA) is 132 Å². The van der Waals surface area contributed by atoms with Crippen molar-refractivity contribution in [3.05, 3.63) is 65.7 Å². The van der Waals surface area contributed by atoms with Crippen LogP contribution in [0, 0.1) is 11.3 Å². The molecule has 0 aliphatic heterocycles. The normalized spacial score (nSPS) is 12.5. The molecule has 0 radical (unpaired) electrons. The lowest BCUT2D eigenvalue weighted by molar-refractivity contribution is -0.141. The number of nitrogens with zero attached hydrogens (tertiary/aromatic N) is 2. The molecule has 0 saturated heterocycles. The maximum absolute atomic E-state index is 14.0. The summed E-state index contributed by atoms with van der Waals surface area (Å²) >= 11 is 0. The molecule has 2 rings (SSSR count). The molecule has 3 amide bonds. The molecule has 0 spiro atoms. The lowest BCUT2D eigenvalue weighted by Crippen LogP contribution is -2.54. The van der Waals surface area contributed by atoms with E-state index in [1.54, 1.807) is 63.2 Å². The number of nitriles is 1. The van der Waals surface area contributed by atoms with E-state index >= 15 is 0 Å². The van der Waals surface area contributed by atoms with Gasteiger partial charge in [-0.15, -0.1) is 0 Å². The van der Waals surface area contributed by atoms with Gasteiger partial charge in [0.15, 0.2) is 0 Å². The highest BCUT2D eigenvalue weighted by atomic mass is 16.6. The molecule has 9 heteroatoms. The Labute approximate surface area is 224 Å². The SMILES string of the molecule is CCCCCNC(=O)C(c1ccccc1)N(CC#N)C(=O)C(Cc1ccc(O)cc1)NC(=O)OC(C)(C)C. The minimum absolute atomic E-state index is 0.0555. The zero-order chi connectivity index (χ0) is 28.1. The van der Waals surface area contributed by atoms with Crippen molar-refractivity contribution >= 4 is 17.9 Å². The highest BCUT2D eigenvalue weighted by Gasteiger charge is 2.36. The molecule has 0 aromatic heterocycles. The van der Waals surface area contributed by atoms with Gasteiger partial charge in [0, 0.05) is 13.0 Å². The summed E-state index contributed by atoms with van der Waals surface area (Å²) < 4.78 is 5.38. The maximum Gasteiger partial charge on any atom is 0.408 e. The number of hydrogen-bond acceptors (Lipinski definition) is 6. The zero-order valence-electron chi connectivity index (χ0n) is 22.6. The molecule has 0 aliphatic rings. The molecule has 0 fully saturated rings. The molecule has 2 unspecified atom stereocenters. The summed E-state index contributed by atoms with van der Waals surface area (Å²) in [5.74, 6) is -0.952. The molecule has 2 aromatic rings. The fourth-order valence-electron chi connectivity index (χ4n) is 3.88. The molecular formula is C29H38N4O5. The summed E-state index contributed by atoms with van der Waals surface area (Å²) in [7, 11) is 0. The van der Waals surface area contributed by atoms with Crippen molar-refractivity contribution in [2.45, 2.75) is 71.1 Å². The van der Waals surface area contributed by atoms with Gasteiger partial charge in [0.1, 0.15) is 30.0 Å². The Bertz CT molecular complexity index is 1090. The largest absolute Gasteiger partial charge is 0.508 e. The molecule has 2 aromatic carbocycles. The van der Waals surface area contributed by atoms with Gasteiger partial charge in [0.2, 0.25) is 11.8 Å². The summed E-state index contributed by atoms with van der Waals surface area (Å²) in [5, 5.41) is 24.8. The van der Waals surface area contributed by atoms with Crippen molar-refractivity contribution in [2.75, 3.05) is 13.1 Å². The first-order valence-corrected chi connectivity index (χ1v) is 12.8. The van der Waals surface area contributed by atoms with E-state index < -0.39 is 35.6 Å². The first-order valence-electron chi connectivity index (χ1n) is 12.8. The standard InChI is InChI=1S/C29H38N4O5/c1-5-6-10-18-31-26(35)25(22-11-8-7-9-12-22)33(19-17-30)27(36)24(32-28(37)38-29(2,3)4)20-21-13-15-23(34)16-14-21/h7-9,11-16,24-25,34H,5-6,10,18-20H2,1-4H3,(H,31,35)(H,32,37). The number of aromatic hydroxyl groups is 1. The van der Waals surface area contributed by atoms with Crippen molar-refractivity contribution in [2.24, 2.45) is 0 Å². The van der Waals surface area contributed by atoms with Crippen molar-refractivity contribution in [3.8, 4) is 11.8 Å². The molecular weight excluding hydrogens is 484 g/mol. The number of rotatable bonds is 12. The van der Waals surface area contributed by atoms with E-state index in [0.717, 1.165) is 19.3 Å². The number of hydrogen-bond donors (Lipinski definition) is 3. The molecule has 0 saturated carbocycles. The monoisotopic (exact) mass is 522 g/mol. The molecule has 0 heterocycles. The van der Waals surface area contributed by atoms with Crippen LogP contribution in [0.2, 0.25) is 0 Å². The lowest BCUT2D eigenvalue weighted by atomic mass is 10.00. The summed E-state index contributed by atoms with van der Waals surface area (Å²) in [5.41, 5.74) is 0.409. The quantitative estimate of drug-likeness (QED) is 0.282. The first kappa shape index (κ1) is 30.2. The molecule has 204 valence electrons. The maximum atomic E-state index is 14.0. The third-order valence-corrected chi connectivity index (χ3v) is 5.64.